The SMILES string of the molecule is CCCCCCCC/C=C\CCCCCCOP(=O)(O)C(CC)[N+](C)(C)C. The fraction of sp³-hybridized carbons (Fsp3) is 0.909. The minimum Gasteiger partial charge on any atom is -0.320 e. The molecule has 0 saturated carbocycles. The lowest BCUT2D eigenvalue weighted by Gasteiger charge is -2.35. The van der Waals surface area contributed by atoms with Gasteiger partial charge < -0.3 is 13.9 Å². The molecule has 0 rings (SSSR count). The number of quaternary nitrogens is 1. The summed E-state index contributed by atoms with van der Waals surface area (Å²) in [5.41, 5.74) is 0. The number of hydrogen-bond donors (Lipinski definition) is 1. The summed E-state index contributed by atoms with van der Waals surface area (Å²) in [4.78, 5) is 10.2. The zero-order valence-electron chi connectivity index (χ0n) is 18.8. The van der Waals surface area contributed by atoms with Crippen molar-refractivity contribution >= 4 is 7.60 Å². The van der Waals surface area contributed by atoms with Crippen molar-refractivity contribution in [3.63, 3.8) is 0 Å². The largest absolute Gasteiger partial charge is 0.385 e. The lowest BCUT2D eigenvalue weighted by molar-refractivity contribution is -0.883. The van der Waals surface area contributed by atoms with E-state index >= 15 is 0 Å². The van der Waals surface area contributed by atoms with Crippen LogP contribution < -0.4 is 0 Å². The van der Waals surface area contributed by atoms with E-state index in [1.807, 2.05) is 28.1 Å². The number of hydrogen-bond acceptors (Lipinski definition) is 2. The molecule has 0 saturated heterocycles. The van der Waals surface area contributed by atoms with Crippen molar-refractivity contribution < 1.29 is 18.5 Å². The molecule has 0 amide bonds. The summed E-state index contributed by atoms with van der Waals surface area (Å²) in [6.07, 6.45) is 20.1. The van der Waals surface area contributed by atoms with Gasteiger partial charge in [-0.1, -0.05) is 70.9 Å². The Morgan fingerprint density at radius 1 is 0.852 bits per heavy atom. The van der Waals surface area contributed by atoms with Gasteiger partial charge in [-0.25, -0.2) is 0 Å². The van der Waals surface area contributed by atoms with Crippen LogP contribution in [0.4, 0.5) is 0 Å². The van der Waals surface area contributed by atoms with Crippen molar-refractivity contribution in [2.45, 2.75) is 103 Å². The molecular weight excluding hydrogens is 357 g/mol. The molecule has 2 unspecified atom stereocenters. The molecule has 162 valence electrons. The summed E-state index contributed by atoms with van der Waals surface area (Å²) >= 11 is 0. The van der Waals surface area contributed by atoms with E-state index in [9.17, 15) is 9.46 Å². The van der Waals surface area contributed by atoms with Crippen molar-refractivity contribution in [3.05, 3.63) is 12.2 Å². The van der Waals surface area contributed by atoms with Crippen LogP contribution in [0.25, 0.3) is 0 Å². The Labute approximate surface area is 169 Å². The third-order valence-electron chi connectivity index (χ3n) is 5.07. The van der Waals surface area contributed by atoms with Crippen LogP contribution in [0.2, 0.25) is 0 Å². The van der Waals surface area contributed by atoms with Crippen molar-refractivity contribution in [1.82, 2.24) is 0 Å². The number of nitrogens with zero attached hydrogens (tertiary/aromatic N) is 1. The van der Waals surface area contributed by atoms with Gasteiger partial charge in [0.1, 0.15) is 0 Å². The van der Waals surface area contributed by atoms with Gasteiger partial charge in [-0.2, -0.15) is 0 Å². The molecule has 2 atom stereocenters. The van der Waals surface area contributed by atoms with Crippen LogP contribution in [0.1, 0.15) is 97.3 Å². The van der Waals surface area contributed by atoms with Gasteiger partial charge in [0.2, 0.25) is 0 Å². The molecule has 4 nitrogen and oxygen atoms in total. The van der Waals surface area contributed by atoms with Crippen LogP contribution in [0, 0.1) is 0 Å². The Morgan fingerprint density at radius 3 is 1.81 bits per heavy atom. The molecule has 27 heavy (non-hydrogen) atoms. The molecule has 0 bridgehead atoms. The normalized spacial score (nSPS) is 15.9. The zero-order chi connectivity index (χ0) is 20.6. The Bertz CT molecular complexity index is 418. The molecule has 1 N–H and O–H groups in total. The van der Waals surface area contributed by atoms with E-state index in [4.69, 9.17) is 4.52 Å². The second kappa shape index (κ2) is 15.7. The second-order valence-corrected chi connectivity index (χ2v) is 10.6. The lowest BCUT2D eigenvalue weighted by Crippen LogP contribution is -2.44. The molecule has 0 aliphatic rings. The van der Waals surface area contributed by atoms with Crippen LogP contribution in [0.3, 0.4) is 0 Å². The molecule has 0 heterocycles. The molecule has 0 spiro atoms. The maximum absolute atomic E-state index is 12.4. The Hall–Kier alpha value is -0.150. The molecule has 0 aromatic heterocycles. The Morgan fingerprint density at radius 2 is 1.33 bits per heavy atom. The van der Waals surface area contributed by atoms with Crippen molar-refractivity contribution in [3.8, 4) is 0 Å². The molecule has 0 aliphatic heterocycles. The summed E-state index contributed by atoms with van der Waals surface area (Å²) in [7, 11) is 2.28. The topological polar surface area (TPSA) is 46.5 Å². The number of rotatable bonds is 18. The maximum atomic E-state index is 12.4. The van der Waals surface area contributed by atoms with Gasteiger partial charge in [0, 0.05) is 6.42 Å². The molecular formula is C22H47NO3P+. The fourth-order valence-electron chi connectivity index (χ4n) is 3.49. The Balaban J connectivity index is 3.61. The van der Waals surface area contributed by atoms with E-state index in [0.717, 1.165) is 25.7 Å². The zero-order valence-corrected chi connectivity index (χ0v) is 19.7. The molecule has 0 aliphatic carbocycles. The van der Waals surface area contributed by atoms with Gasteiger partial charge in [-0.05, 0) is 32.1 Å². The minimum absolute atomic E-state index is 0.353. The van der Waals surface area contributed by atoms with Gasteiger partial charge in [0.15, 0.2) is 5.78 Å². The smallest absolute Gasteiger partial charge is 0.320 e. The van der Waals surface area contributed by atoms with Gasteiger partial charge >= 0.3 is 7.60 Å². The highest BCUT2D eigenvalue weighted by molar-refractivity contribution is 7.53. The molecule has 0 aromatic carbocycles. The monoisotopic (exact) mass is 404 g/mol. The van der Waals surface area contributed by atoms with E-state index in [0.29, 0.717) is 17.5 Å². The fourth-order valence-corrected chi connectivity index (χ4v) is 5.39. The molecule has 5 heteroatoms. The third-order valence-corrected chi connectivity index (χ3v) is 7.43. The standard InChI is InChI=1S/C22H46NO3P/c1-6-8-9-10-11-12-13-14-15-16-17-18-19-20-21-26-27(24,25)22(7-2)23(3,4)5/h14-15,22H,6-13,16-21H2,1-5H3/p+1/b15-14-. The summed E-state index contributed by atoms with van der Waals surface area (Å²) in [5.74, 6) is -0.353. The Kier molecular flexibility index (Phi) is 15.6. The molecule has 0 aromatic rings. The van der Waals surface area contributed by atoms with E-state index in [1.54, 1.807) is 0 Å². The first-order chi connectivity index (χ1) is 12.8. The first kappa shape index (κ1) is 26.9. The average molecular weight is 405 g/mol. The highest BCUT2D eigenvalue weighted by Crippen LogP contribution is 2.51. The van der Waals surface area contributed by atoms with Gasteiger partial charge in [-0.3, -0.25) is 4.57 Å². The third kappa shape index (κ3) is 14.5. The lowest BCUT2D eigenvalue weighted by atomic mass is 10.1. The van der Waals surface area contributed by atoms with Gasteiger partial charge in [0.25, 0.3) is 0 Å². The quantitative estimate of drug-likeness (QED) is 0.117. The summed E-state index contributed by atoms with van der Waals surface area (Å²) < 4.78 is 18.3. The summed E-state index contributed by atoms with van der Waals surface area (Å²) in [5, 5.41) is 0. The summed E-state index contributed by atoms with van der Waals surface area (Å²) in [6, 6.07) is 0. The van der Waals surface area contributed by atoms with E-state index in [1.165, 1.54) is 51.4 Å². The number of allylic oxidation sites excluding steroid dienone is 2. The first-order valence-corrected chi connectivity index (χ1v) is 12.8. The van der Waals surface area contributed by atoms with Crippen LogP contribution in [0.15, 0.2) is 12.2 Å². The van der Waals surface area contributed by atoms with Gasteiger partial charge in [0.05, 0.1) is 27.7 Å². The average Bonchev–Trinajstić information content (AvgIpc) is 2.57. The molecule has 0 fully saturated rings. The van der Waals surface area contributed by atoms with Crippen molar-refractivity contribution in [2.75, 3.05) is 27.7 Å². The van der Waals surface area contributed by atoms with Crippen LogP contribution in [-0.2, 0) is 9.09 Å². The predicted molar refractivity (Wildman–Crippen MR) is 118 cm³/mol. The minimum atomic E-state index is -3.55. The highest BCUT2D eigenvalue weighted by Gasteiger charge is 2.41. The van der Waals surface area contributed by atoms with E-state index in [-0.39, 0.29) is 5.78 Å². The van der Waals surface area contributed by atoms with Crippen molar-refractivity contribution in [2.24, 2.45) is 0 Å². The highest BCUT2D eigenvalue weighted by atomic mass is 31.2. The predicted octanol–water partition coefficient (Wildman–Crippen LogP) is 6.89. The summed E-state index contributed by atoms with van der Waals surface area (Å²) in [6.45, 7) is 4.59. The molecule has 0 radical (unpaired) electrons. The van der Waals surface area contributed by atoms with Crippen LogP contribution in [-0.4, -0.2) is 42.9 Å². The number of unbranched alkanes of at least 4 members (excludes halogenated alkanes) is 10. The van der Waals surface area contributed by atoms with E-state index < -0.39 is 7.60 Å². The van der Waals surface area contributed by atoms with Gasteiger partial charge in [-0.15, -0.1) is 0 Å². The second-order valence-electron chi connectivity index (χ2n) is 8.63. The first-order valence-electron chi connectivity index (χ1n) is 11.2. The van der Waals surface area contributed by atoms with E-state index in [2.05, 4.69) is 19.1 Å². The maximum Gasteiger partial charge on any atom is 0.385 e. The van der Waals surface area contributed by atoms with Crippen LogP contribution >= 0.6 is 7.60 Å². The van der Waals surface area contributed by atoms with Crippen LogP contribution in [0.5, 0.6) is 0 Å². The van der Waals surface area contributed by atoms with Crippen molar-refractivity contribution in [1.29, 1.82) is 0 Å².